The molecule has 0 amide bonds. The zero-order chi connectivity index (χ0) is 65.4. The predicted octanol–water partition coefficient (Wildman–Crippen LogP) is 16.5. The van der Waals surface area contributed by atoms with Crippen LogP contribution in [0.2, 0.25) is 0 Å². The summed E-state index contributed by atoms with van der Waals surface area (Å²) in [7, 11) is 0. The third kappa shape index (κ3) is 49.1. The average molecular weight is 1180 g/mol. The molecule has 3 aliphatic rings. The lowest BCUT2D eigenvalue weighted by Gasteiger charge is -2.24. The maximum Gasteiger partial charge on any atom is 0.0352 e. The molecule has 8 atom stereocenters. The highest BCUT2D eigenvalue weighted by Crippen LogP contribution is 2.27. The maximum absolute atomic E-state index is 5.95. The topological polar surface area (TPSA) is 246 Å². The average Bonchev–Trinajstić information content (AvgIpc) is 3.63. The van der Waals surface area contributed by atoms with Crippen LogP contribution in [0.4, 0.5) is 0 Å². The van der Waals surface area contributed by atoms with E-state index in [9.17, 15) is 0 Å². The Bertz CT molecular complexity index is 1970. The van der Waals surface area contributed by atoms with Crippen LogP contribution in [0.5, 0.6) is 0 Å². The Kier molecular flexibility index (Phi) is 52.8. The van der Waals surface area contributed by atoms with Crippen LogP contribution < -0.4 is 56.9 Å². The van der Waals surface area contributed by atoms with Crippen LogP contribution in [-0.2, 0) is 18.4 Å². The van der Waals surface area contributed by atoms with Crippen molar-refractivity contribution in [3.05, 3.63) is 142 Å². The fraction of sp³-hybridized carbons (Fsp3) is 0.680. The van der Waals surface area contributed by atoms with Crippen LogP contribution in [0.1, 0.15) is 278 Å². The largest absolute Gasteiger partial charge is 0.330 e. The van der Waals surface area contributed by atoms with Crippen LogP contribution in [0.25, 0.3) is 0 Å². The minimum atomic E-state index is -0.207. The van der Waals surface area contributed by atoms with Gasteiger partial charge in [-0.2, -0.15) is 0 Å². The van der Waals surface area contributed by atoms with Gasteiger partial charge in [0.2, 0.25) is 0 Å². The first-order valence-corrected chi connectivity index (χ1v) is 33.6. The van der Waals surface area contributed by atoms with Gasteiger partial charge in [-0.3, -0.25) is 0 Å². The summed E-state index contributed by atoms with van der Waals surface area (Å²) in [4.78, 5) is 0. The Balaban J connectivity index is -0.000000885. The van der Waals surface area contributed by atoms with Crippen LogP contribution in [0, 0.1) is 30.1 Å². The molecule has 1 fully saturated rings. The molecule has 0 saturated heterocycles. The molecule has 7 rings (SSSR count). The molecule has 1 saturated carbocycles. The smallest absolute Gasteiger partial charge is 0.0352 e. The fourth-order valence-corrected chi connectivity index (χ4v) is 8.65. The van der Waals surface area contributed by atoms with Crippen LogP contribution in [0.3, 0.4) is 0 Å². The van der Waals surface area contributed by atoms with E-state index in [2.05, 4.69) is 161 Å². The molecule has 85 heavy (non-hydrogen) atoms. The van der Waals surface area contributed by atoms with E-state index in [0.29, 0.717) is 42.2 Å². The third-order valence-corrected chi connectivity index (χ3v) is 15.7. The van der Waals surface area contributed by atoms with E-state index in [1.807, 2.05) is 71.9 Å². The molecular formula is C75H142N10. The summed E-state index contributed by atoms with van der Waals surface area (Å²) in [6, 6.07) is 38.1. The highest BCUT2D eigenvalue weighted by molar-refractivity contribution is 5.32. The first kappa shape index (κ1) is 85.7. The van der Waals surface area contributed by atoms with E-state index >= 15 is 0 Å². The van der Waals surface area contributed by atoms with Gasteiger partial charge in [0.15, 0.2) is 0 Å². The molecule has 4 aromatic rings. The lowest BCUT2D eigenvalue weighted by atomic mass is 9.87. The molecule has 1 heterocycles. The molecule has 1 aliphatic heterocycles. The molecule has 19 N–H and O–H groups in total. The molecule has 2 aliphatic carbocycles. The summed E-state index contributed by atoms with van der Waals surface area (Å²) in [6.07, 6.45) is 23.0. The number of fused-ring (bicyclic) bond motifs is 2. The van der Waals surface area contributed by atoms with Gasteiger partial charge in [-0.25, -0.2) is 0 Å². The van der Waals surface area contributed by atoms with Crippen LogP contribution >= 0.6 is 0 Å². The van der Waals surface area contributed by atoms with Crippen LogP contribution in [-0.4, -0.2) is 43.8 Å². The van der Waals surface area contributed by atoms with Crippen molar-refractivity contribution in [2.24, 2.45) is 74.8 Å². The normalized spacial score (nSPS) is 17.9. The summed E-state index contributed by atoms with van der Waals surface area (Å²) in [6.45, 7) is 40.9. The van der Waals surface area contributed by atoms with Gasteiger partial charge in [0.1, 0.15) is 0 Å². The fourth-order valence-electron chi connectivity index (χ4n) is 8.65. The van der Waals surface area contributed by atoms with Gasteiger partial charge in [0, 0.05) is 47.8 Å². The highest BCUT2D eigenvalue weighted by atomic mass is 14.9. The third-order valence-electron chi connectivity index (χ3n) is 15.7. The molecule has 0 aromatic heterocycles. The molecule has 0 radical (unpaired) electrons. The molecule has 8 unspecified atom stereocenters. The highest BCUT2D eigenvalue weighted by Gasteiger charge is 2.18. The van der Waals surface area contributed by atoms with E-state index in [-0.39, 0.29) is 17.0 Å². The zero-order valence-electron chi connectivity index (χ0n) is 58.6. The lowest BCUT2D eigenvalue weighted by Crippen LogP contribution is -2.31. The predicted molar refractivity (Wildman–Crippen MR) is 382 cm³/mol. The molecule has 0 bridgehead atoms. The van der Waals surface area contributed by atoms with Crippen molar-refractivity contribution < 1.29 is 0 Å². The zero-order valence-corrected chi connectivity index (χ0v) is 58.6. The second kappa shape index (κ2) is 52.4. The first-order chi connectivity index (χ1) is 39.9. The molecule has 0 spiro atoms. The lowest BCUT2D eigenvalue weighted by molar-refractivity contribution is 0.331. The standard InChI is InChI=1S/2C10H13N.2C9H13N.C7H15N.C7H17N.3C6H15N.C5H13N/c1-8-10-5-3-2-4-9(10)6-7-11-8;11-10-7-3-5-8-4-1-2-6-9(8)10;1-7-3-5-9(6-4-7)8(2)10;1-9(2,10)8-6-4-3-5-7-8;1-6-4-2-3-5-7(6)8;1-2-3-4-5-6-7-8;1-5(7)6(2,3)4;1-5(2)4-6(3)7;1-2-3-4-5-6-7;1-4(2)5(3)6/h2-5,8,11H,6-7H2,1H3;1-2,4,6,10H,3,5,7,11H2;3-6,8H,10H2,1-2H3;3-7H,10H2,1-2H3;6-7H,2-5,8H2,1H3;2-8H2,1H3;5H,7H2,1-4H3;5-6H,4,7H2,1-3H3;2-7H2,1H3;4-5H,6H2,1-3H3. The van der Waals surface area contributed by atoms with Gasteiger partial charge in [0.25, 0.3) is 0 Å². The summed E-state index contributed by atoms with van der Waals surface area (Å²) >= 11 is 0. The number of hydrogen-bond donors (Lipinski definition) is 10. The van der Waals surface area contributed by atoms with E-state index in [1.165, 1.54) is 142 Å². The van der Waals surface area contributed by atoms with Gasteiger partial charge in [-0.15, -0.1) is 0 Å². The monoisotopic (exact) mass is 1180 g/mol. The van der Waals surface area contributed by atoms with Crippen molar-refractivity contribution in [3.63, 3.8) is 0 Å². The minimum absolute atomic E-state index is 0.153. The van der Waals surface area contributed by atoms with E-state index in [0.717, 1.165) is 44.3 Å². The molecule has 492 valence electrons. The second-order valence-corrected chi connectivity index (χ2v) is 27.0. The number of unbranched alkanes of at least 4 members (excludes halogenated alkanes) is 7. The summed E-state index contributed by atoms with van der Waals surface area (Å²) in [5.74, 6) is 2.16. The number of rotatable bonds is 14. The Morgan fingerprint density at radius 3 is 1.35 bits per heavy atom. The quantitative estimate of drug-likeness (QED) is 0.0535. The first-order valence-electron chi connectivity index (χ1n) is 33.6. The number of hydrogen-bond acceptors (Lipinski definition) is 10. The van der Waals surface area contributed by atoms with E-state index in [4.69, 9.17) is 51.6 Å². The maximum atomic E-state index is 5.95. The van der Waals surface area contributed by atoms with Gasteiger partial charge in [0.05, 0.1) is 0 Å². The molecule has 10 nitrogen and oxygen atoms in total. The van der Waals surface area contributed by atoms with Crippen molar-refractivity contribution in [1.82, 2.24) is 5.32 Å². The van der Waals surface area contributed by atoms with Gasteiger partial charge < -0.3 is 56.9 Å². The summed E-state index contributed by atoms with van der Waals surface area (Å²) in [5.41, 5.74) is 59.8. The van der Waals surface area contributed by atoms with Gasteiger partial charge >= 0.3 is 0 Å². The summed E-state index contributed by atoms with van der Waals surface area (Å²) < 4.78 is 0. The molecule has 10 heteroatoms. The second-order valence-electron chi connectivity index (χ2n) is 27.0. The molecular weight excluding hydrogens is 1040 g/mol. The molecule has 4 aromatic carbocycles. The van der Waals surface area contributed by atoms with E-state index < -0.39 is 0 Å². The number of nitrogens with two attached hydrogens (primary N) is 9. The van der Waals surface area contributed by atoms with Crippen molar-refractivity contribution in [1.29, 1.82) is 0 Å². The van der Waals surface area contributed by atoms with Crippen molar-refractivity contribution >= 4 is 0 Å². The van der Waals surface area contributed by atoms with Gasteiger partial charge in [-0.1, -0.05) is 236 Å². The number of aryl methyl sites for hydroxylation is 2. The number of benzene rings is 4. The Labute approximate surface area is 527 Å². The van der Waals surface area contributed by atoms with E-state index in [1.54, 1.807) is 0 Å². The van der Waals surface area contributed by atoms with Crippen LogP contribution in [0.15, 0.2) is 103 Å². The summed E-state index contributed by atoms with van der Waals surface area (Å²) in [5, 5.41) is 3.44. The Hall–Kier alpha value is -3.52. The minimum Gasteiger partial charge on any atom is -0.330 e. The van der Waals surface area contributed by atoms with Crippen molar-refractivity contribution in [2.75, 3.05) is 19.6 Å². The van der Waals surface area contributed by atoms with Gasteiger partial charge in [-0.05, 0) is 189 Å². The number of nitrogens with one attached hydrogen (secondary N) is 1. The SMILES string of the molecule is CC(C)(N)c1ccccc1.CC(C)C(C)N.CC(C)CC(C)N.CC(N)C(C)(C)C.CC1CCCCC1N.CC1NCCc2ccccc21.CCCCCCCN.CCCCCCN.Cc1ccc(C(C)N)cc1.NC1CCCc2ccccc21. The van der Waals surface area contributed by atoms with Crippen molar-refractivity contribution in [3.8, 4) is 0 Å². The Morgan fingerprint density at radius 2 is 1.00 bits per heavy atom. The Morgan fingerprint density at radius 1 is 0.553 bits per heavy atom. The van der Waals surface area contributed by atoms with Crippen molar-refractivity contribution in [2.45, 2.75) is 288 Å².